The van der Waals surface area contributed by atoms with Crippen molar-refractivity contribution in [2.75, 3.05) is 5.73 Å². The molecule has 0 aliphatic carbocycles. The van der Waals surface area contributed by atoms with Gasteiger partial charge in [-0.15, -0.1) is 11.3 Å². The second-order valence-corrected chi connectivity index (χ2v) is 6.11. The van der Waals surface area contributed by atoms with Crippen LogP contribution in [0.5, 0.6) is 0 Å². The first-order valence-electron chi connectivity index (χ1n) is 5.92. The molecule has 0 bridgehead atoms. The number of nitrogen functional groups attached to an aromatic ring is 1. The highest BCUT2D eigenvalue weighted by Gasteiger charge is 2.18. The number of halogens is 1. The van der Waals surface area contributed by atoms with Gasteiger partial charge in [0, 0.05) is 11.1 Å². The molecule has 2 N–H and O–H groups in total. The molecule has 98 valence electrons. The summed E-state index contributed by atoms with van der Waals surface area (Å²) in [6.45, 7) is 4.11. The number of benzene rings is 1. The van der Waals surface area contributed by atoms with Gasteiger partial charge in [-0.2, -0.15) is 0 Å². The number of hydrogen-bond donors (Lipinski definition) is 1. The van der Waals surface area contributed by atoms with Crippen molar-refractivity contribution in [3.63, 3.8) is 0 Å². The third-order valence-electron chi connectivity index (χ3n) is 3.08. The minimum absolute atomic E-state index is 0.0437. The van der Waals surface area contributed by atoms with Gasteiger partial charge in [0.2, 0.25) is 5.95 Å². The summed E-state index contributed by atoms with van der Waals surface area (Å²) >= 11 is 7.82. The average Bonchev–Trinajstić information content (AvgIpc) is 2.93. The van der Waals surface area contributed by atoms with E-state index in [9.17, 15) is 0 Å². The zero-order chi connectivity index (χ0) is 13.6. The zero-order valence-corrected chi connectivity index (χ0v) is 12.2. The maximum Gasteiger partial charge on any atom is 0.201 e. The van der Waals surface area contributed by atoms with Gasteiger partial charge in [-0.25, -0.2) is 9.97 Å². The van der Waals surface area contributed by atoms with Crippen LogP contribution in [0.15, 0.2) is 24.4 Å². The van der Waals surface area contributed by atoms with Crippen molar-refractivity contribution in [1.82, 2.24) is 14.5 Å². The van der Waals surface area contributed by atoms with Gasteiger partial charge in [-0.05, 0) is 26.0 Å². The monoisotopic (exact) mass is 292 g/mol. The van der Waals surface area contributed by atoms with Crippen LogP contribution in [0.2, 0.25) is 5.02 Å². The van der Waals surface area contributed by atoms with Crippen LogP contribution >= 0.6 is 22.9 Å². The lowest BCUT2D eigenvalue weighted by Gasteiger charge is -2.13. The van der Waals surface area contributed by atoms with Gasteiger partial charge in [0.25, 0.3) is 0 Å². The molecule has 1 atom stereocenters. The molecule has 19 heavy (non-hydrogen) atoms. The smallest absolute Gasteiger partial charge is 0.201 e. The number of imidazole rings is 1. The van der Waals surface area contributed by atoms with Crippen molar-refractivity contribution >= 4 is 39.9 Å². The number of nitrogens with zero attached hydrogens (tertiary/aromatic N) is 3. The fourth-order valence-electron chi connectivity index (χ4n) is 2.18. The van der Waals surface area contributed by atoms with Crippen molar-refractivity contribution in [3.8, 4) is 0 Å². The Bertz CT molecular complexity index is 746. The Morgan fingerprint density at radius 3 is 2.89 bits per heavy atom. The number of aryl methyl sites for hydroxylation is 1. The average molecular weight is 293 g/mol. The third kappa shape index (κ3) is 1.99. The number of para-hydroxylation sites is 1. The first-order chi connectivity index (χ1) is 9.08. The topological polar surface area (TPSA) is 56.7 Å². The molecule has 2 heterocycles. The van der Waals surface area contributed by atoms with E-state index in [0.29, 0.717) is 11.0 Å². The van der Waals surface area contributed by atoms with Crippen LogP contribution in [0.4, 0.5) is 5.95 Å². The van der Waals surface area contributed by atoms with Crippen molar-refractivity contribution in [2.45, 2.75) is 19.9 Å². The second kappa shape index (κ2) is 4.51. The van der Waals surface area contributed by atoms with Crippen LogP contribution in [0, 0.1) is 6.92 Å². The lowest BCUT2D eigenvalue weighted by atomic mass is 10.3. The van der Waals surface area contributed by atoms with E-state index < -0.39 is 0 Å². The SMILES string of the molecule is Cc1cnc(C(C)n2c(N)nc3c(Cl)cccc32)s1. The minimum atomic E-state index is 0.0437. The first kappa shape index (κ1) is 12.4. The van der Waals surface area contributed by atoms with Crippen LogP contribution in [-0.2, 0) is 0 Å². The minimum Gasteiger partial charge on any atom is -0.369 e. The highest BCUT2D eigenvalue weighted by Crippen LogP contribution is 2.31. The number of hydrogen-bond acceptors (Lipinski definition) is 4. The molecule has 0 aliphatic rings. The van der Waals surface area contributed by atoms with Gasteiger partial charge in [0.15, 0.2) is 0 Å². The summed E-state index contributed by atoms with van der Waals surface area (Å²) < 4.78 is 1.97. The highest BCUT2D eigenvalue weighted by molar-refractivity contribution is 7.11. The number of nitrogens with two attached hydrogens (primary N) is 1. The van der Waals surface area contributed by atoms with Gasteiger partial charge in [0.1, 0.15) is 10.5 Å². The number of anilines is 1. The molecule has 0 saturated heterocycles. The summed E-state index contributed by atoms with van der Waals surface area (Å²) in [5.74, 6) is 0.462. The molecule has 0 saturated carbocycles. The fourth-order valence-corrected chi connectivity index (χ4v) is 3.21. The van der Waals surface area contributed by atoms with Gasteiger partial charge >= 0.3 is 0 Å². The Labute approximate surface area is 119 Å². The molecule has 3 aromatic rings. The second-order valence-electron chi connectivity index (χ2n) is 4.43. The fraction of sp³-hybridized carbons (Fsp3) is 0.231. The molecular weight excluding hydrogens is 280 g/mol. The van der Waals surface area contributed by atoms with E-state index in [1.807, 2.05) is 35.9 Å². The van der Waals surface area contributed by atoms with Crippen LogP contribution in [0.1, 0.15) is 22.9 Å². The molecule has 0 radical (unpaired) electrons. The molecule has 0 spiro atoms. The summed E-state index contributed by atoms with van der Waals surface area (Å²) in [6.07, 6.45) is 1.87. The summed E-state index contributed by atoms with van der Waals surface area (Å²) in [5, 5.41) is 1.63. The van der Waals surface area contributed by atoms with E-state index >= 15 is 0 Å². The van der Waals surface area contributed by atoms with Crippen LogP contribution in [0.3, 0.4) is 0 Å². The molecule has 4 nitrogen and oxygen atoms in total. The predicted molar refractivity (Wildman–Crippen MR) is 79.8 cm³/mol. The molecule has 0 fully saturated rings. The van der Waals surface area contributed by atoms with E-state index in [4.69, 9.17) is 17.3 Å². The highest BCUT2D eigenvalue weighted by atomic mass is 35.5. The van der Waals surface area contributed by atoms with Crippen LogP contribution < -0.4 is 5.73 Å². The Kier molecular flexibility index (Phi) is 2.95. The molecule has 0 amide bonds. The molecule has 1 unspecified atom stereocenters. The molecule has 0 aliphatic heterocycles. The maximum absolute atomic E-state index is 6.15. The Hall–Kier alpha value is -1.59. The van der Waals surface area contributed by atoms with Crippen molar-refractivity contribution in [1.29, 1.82) is 0 Å². The molecule has 1 aromatic carbocycles. The standard InChI is InChI=1S/C13H13ClN4S/c1-7-6-16-12(19-7)8(2)18-10-5-3-4-9(14)11(10)17-13(18)15/h3-6,8H,1-2H3,(H2,15,17). The van der Waals surface area contributed by atoms with Gasteiger partial charge in [0.05, 0.1) is 16.6 Å². The van der Waals surface area contributed by atoms with Crippen LogP contribution in [-0.4, -0.2) is 14.5 Å². The Morgan fingerprint density at radius 2 is 2.21 bits per heavy atom. The number of thiazole rings is 1. The first-order valence-corrected chi connectivity index (χ1v) is 7.11. The number of rotatable bonds is 2. The Morgan fingerprint density at radius 1 is 1.42 bits per heavy atom. The van der Waals surface area contributed by atoms with E-state index in [1.165, 1.54) is 4.88 Å². The molecule has 3 rings (SSSR count). The van der Waals surface area contributed by atoms with Crippen molar-refractivity contribution in [3.05, 3.63) is 39.3 Å². The summed E-state index contributed by atoms with van der Waals surface area (Å²) in [7, 11) is 0. The largest absolute Gasteiger partial charge is 0.369 e. The maximum atomic E-state index is 6.15. The summed E-state index contributed by atoms with van der Waals surface area (Å²) in [4.78, 5) is 9.96. The number of aromatic nitrogens is 3. The van der Waals surface area contributed by atoms with Crippen molar-refractivity contribution in [2.24, 2.45) is 0 Å². The van der Waals surface area contributed by atoms with Gasteiger partial charge in [-0.1, -0.05) is 17.7 Å². The van der Waals surface area contributed by atoms with E-state index in [2.05, 4.69) is 16.9 Å². The zero-order valence-electron chi connectivity index (χ0n) is 10.6. The number of fused-ring (bicyclic) bond motifs is 1. The molecule has 6 heteroatoms. The van der Waals surface area contributed by atoms with Crippen LogP contribution in [0.25, 0.3) is 11.0 Å². The lowest BCUT2D eigenvalue weighted by Crippen LogP contribution is -2.09. The molecule has 2 aromatic heterocycles. The van der Waals surface area contributed by atoms with E-state index in [-0.39, 0.29) is 6.04 Å². The van der Waals surface area contributed by atoms with E-state index in [1.54, 1.807) is 11.3 Å². The van der Waals surface area contributed by atoms with Crippen molar-refractivity contribution < 1.29 is 0 Å². The normalized spacial score (nSPS) is 13.0. The lowest BCUT2D eigenvalue weighted by molar-refractivity contribution is 0.662. The summed E-state index contributed by atoms with van der Waals surface area (Å²) in [6, 6.07) is 5.74. The summed E-state index contributed by atoms with van der Waals surface area (Å²) in [5.41, 5.74) is 7.71. The Balaban J connectivity index is 2.19. The quantitative estimate of drug-likeness (QED) is 0.784. The van der Waals surface area contributed by atoms with Gasteiger partial charge < -0.3 is 10.3 Å². The van der Waals surface area contributed by atoms with E-state index in [0.717, 1.165) is 16.0 Å². The third-order valence-corrected chi connectivity index (χ3v) is 4.47. The predicted octanol–water partition coefficient (Wildman–Crippen LogP) is 3.65. The molecular formula is C13H13ClN4S. The van der Waals surface area contributed by atoms with Gasteiger partial charge in [-0.3, -0.25) is 0 Å².